The summed E-state index contributed by atoms with van der Waals surface area (Å²) in [6.45, 7) is 4.03. The van der Waals surface area contributed by atoms with E-state index < -0.39 is 15.3 Å². The lowest BCUT2D eigenvalue weighted by molar-refractivity contribution is 0.392. The van der Waals surface area contributed by atoms with Gasteiger partial charge in [0.15, 0.2) is 0 Å². The molecule has 17 heavy (non-hydrogen) atoms. The maximum Gasteiger partial charge on any atom is 0.218 e. The van der Waals surface area contributed by atoms with E-state index >= 15 is 0 Å². The fourth-order valence-corrected chi connectivity index (χ4v) is 3.11. The number of rotatable bonds is 6. The molecule has 1 aromatic rings. The molecule has 1 atom stereocenters. The molecule has 0 aromatic carbocycles. The summed E-state index contributed by atoms with van der Waals surface area (Å²) in [5.74, 6) is 1.41. The first-order chi connectivity index (χ1) is 7.91. The zero-order valence-electron chi connectivity index (χ0n) is 10.5. The number of hydrogen-bond acceptors (Lipinski definition) is 4. The predicted octanol–water partition coefficient (Wildman–Crippen LogP) is 1.09. The molecule has 5 nitrogen and oxygen atoms in total. The second-order valence-corrected chi connectivity index (χ2v) is 6.40. The molecule has 1 aromatic heterocycles. The van der Waals surface area contributed by atoms with Crippen molar-refractivity contribution in [2.24, 2.45) is 5.73 Å². The summed E-state index contributed by atoms with van der Waals surface area (Å²) in [5, 5.41) is -0.524. The predicted molar refractivity (Wildman–Crippen MR) is 67.0 cm³/mol. The third-order valence-electron chi connectivity index (χ3n) is 2.75. The lowest BCUT2D eigenvalue weighted by atomic mass is 10.3. The van der Waals surface area contributed by atoms with Crippen LogP contribution >= 0.6 is 0 Å². The normalized spacial score (nSPS) is 14.2. The molecule has 1 heterocycles. The average Bonchev–Trinajstić information content (AvgIpc) is 2.65. The summed E-state index contributed by atoms with van der Waals surface area (Å²) in [5.41, 5.74) is 5.48. The highest BCUT2D eigenvalue weighted by Gasteiger charge is 2.27. The van der Waals surface area contributed by atoms with Crippen molar-refractivity contribution in [3.05, 3.63) is 23.7 Å². The molecule has 0 aliphatic carbocycles. The molecule has 0 spiro atoms. The molecular formula is C11H20N2O3S. The topological polar surface area (TPSA) is 76.5 Å². The fraction of sp³-hybridized carbons (Fsp3) is 0.636. The van der Waals surface area contributed by atoms with Gasteiger partial charge in [-0.1, -0.05) is 6.92 Å². The minimum Gasteiger partial charge on any atom is -0.465 e. The summed E-state index contributed by atoms with van der Waals surface area (Å²) in [4.78, 5) is 0. The lowest BCUT2D eigenvalue weighted by Crippen LogP contribution is -2.39. The van der Waals surface area contributed by atoms with Gasteiger partial charge in [-0.15, -0.1) is 0 Å². The van der Waals surface area contributed by atoms with Crippen molar-refractivity contribution in [1.29, 1.82) is 0 Å². The Balaban J connectivity index is 2.79. The number of aryl methyl sites for hydroxylation is 1. The molecule has 98 valence electrons. The van der Waals surface area contributed by atoms with Gasteiger partial charge >= 0.3 is 0 Å². The Morgan fingerprint density at radius 1 is 1.47 bits per heavy atom. The van der Waals surface area contributed by atoms with Crippen LogP contribution in [0.2, 0.25) is 0 Å². The average molecular weight is 260 g/mol. The first kappa shape index (κ1) is 14.2. The van der Waals surface area contributed by atoms with Crippen molar-refractivity contribution in [2.75, 3.05) is 13.6 Å². The third kappa shape index (κ3) is 3.31. The summed E-state index contributed by atoms with van der Waals surface area (Å²) in [7, 11) is -1.79. The summed E-state index contributed by atoms with van der Waals surface area (Å²) in [6.07, 6.45) is 0.514. The van der Waals surface area contributed by atoms with Crippen molar-refractivity contribution in [3.8, 4) is 0 Å². The van der Waals surface area contributed by atoms with Crippen LogP contribution in [-0.2, 0) is 16.6 Å². The van der Waals surface area contributed by atoms with E-state index in [1.807, 2.05) is 19.9 Å². The Morgan fingerprint density at radius 3 is 2.53 bits per heavy atom. The Kier molecular flexibility index (Phi) is 4.73. The highest BCUT2D eigenvalue weighted by molar-refractivity contribution is 7.89. The maximum absolute atomic E-state index is 12.1. The van der Waals surface area contributed by atoms with Crippen LogP contribution < -0.4 is 5.73 Å². The smallest absolute Gasteiger partial charge is 0.218 e. The van der Waals surface area contributed by atoms with Gasteiger partial charge in [-0.3, -0.25) is 0 Å². The van der Waals surface area contributed by atoms with Crippen molar-refractivity contribution < 1.29 is 12.8 Å². The van der Waals surface area contributed by atoms with Crippen LogP contribution in [0.15, 0.2) is 16.5 Å². The van der Waals surface area contributed by atoms with E-state index in [1.54, 1.807) is 13.1 Å². The van der Waals surface area contributed by atoms with Gasteiger partial charge in [0.05, 0.1) is 11.8 Å². The van der Waals surface area contributed by atoms with Crippen molar-refractivity contribution in [2.45, 2.75) is 32.1 Å². The number of furan rings is 1. The summed E-state index contributed by atoms with van der Waals surface area (Å²) >= 11 is 0. The zero-order chi connectivity index (χ0) is 13.1. The van der Waals surface area contributed by atoms with E-state index in [0.717, 1.165) is 5.76 Å². The van der Waals surface area contributed by atoms with Gasteiger partial charge in [-0.25, -0.2) is 8.42 Å². The molecule has 0 aliphatic heterocycles. The molecule has 1 rings (SSSR count). The van der Waals surface area contributed by atoms with Crippen LogP contribution in [0.1, 0.15) is 24.9 Å². The second-order valence-electron chi connectivity index (χ2n) is 4.08. The van der Waals surface area contributed by atoms with Crippen LogP contribution in [-0.4, -0.2) is 31.6 Å². The van der Waals surface area contributed by atoms with Gasteiger partial charge in [0.25, 0.3) is 0 Å². The molecule has 0 saturated carbocycles. The molecule has 0 aliphatic rings. The molecule has 6 heteroatoms. The van der Waals surface area contributed by atoms with Crippen molar-refractivity contribution in [1.82, 2.24) is 4.31 Å². The van der Waals surface area contributed by atoms with Gasteiger partial charge in [0.2, 0.25) is 10.0 Å². The van der Waals surface area contributed by atoms with Gasteiger partial charge < -0.3 is 10.2 Å². The SMILES string of the molecule is CCC(CN)S(=O)(=O)N(C)Cc1ccc(C)o1. The Morgan fingerprint density at radius 2 is 2.12 bits per heavy atom. The van der Waals surface area contributed by atoms with E-state index in [2.05, 4.69) is 0 Å². The minimum atomic E-state index is -3.34. The van der Waals surface area contributed by atoms with Crippen LogP contribution in [0.5, 0.6) is 0 Å². The van der Waals surface area contributed by atoms with Gasteiger partial charge in [0, 0.05) is 13.6 Å². The number of sulfonamides is 1. The Labute approximate surface area is 103 Å². The minimum absolute atomic E-state index is 0.139. The van der Waals surface area contributed by atoms with E-state index in [9.17, 15) is 8.42 Å². The largest absolute Gasteiger partial charge is 0.465 e. The zero-order valence-corrected chi connectivity index (χ0v) is 11.3. The van der Waals surface area contributed by atoms with Crippen LogP contribution in [0.25, 0.3) is 0 Å². The molecule has 0 amide bonds. The van der Waals surface area contributed by atoms with Crippen LogP contribution in [0.4, 0.5) is 0 Å². The molecule has 0 saturated heterocycles. The van der Waals surface area contributed by atoms with Crippen molar-refractivity contribution in [3.63, 3.8) is 0 Å². The highest BCUT2D eigenvalue weighted by atomic mass is 32.2. The summed E-state index contributed by atoms with van der Waals surface area (Å²) in [6, 6.07) is 3.60. The fourth-order valence-electron chi connectivity index (χ4n) is 1.63. The lowest BCUT2D eigenvalue weighted by Gasteiger charge is -2.21. The standard InChI is InChI=1S/C11H20N2O3S/c1-4-11(7-12)17(14,15)13(3)8-10-6-5-9(2)16-10/h5-6,11H,4,7-8,12H2,1-3H3. The van der Waals surface area contributed by atoms with E-state index in [0.29, 0.717) is 12.2 Å². The number of nitrogens with two attached hydrogens (primary N) is 1. The third-order valence-corrected chi connectivity index (χ3v) is 5.11. The quantitative estimate of drug-likeness (QED) is 0.830. The number of nitrogens with zero attached hydrogens (tertiary/aromatic N) is 1. The van der Waals surface area contributed by atoms with E-state index in [-0.39, 0.29) is 13.1 Å². The van der Waals surface area contributed by atoms with Gasteiger partial charge in [-0.05, 0) is 25.5 Å². The highest BCUT2D eigenvalue weighted by Crippen LogP contribution is 2.15. The summed E-state index contributed by atoms with van der Waals surface area (Å²) < 4.78 is 30.9. The first-order valence-electron chi connectivity index (χ1n) is 5.62. The maximum atomic E-state index is 12.1. The molecule has 1 unspecified atom stereocenters. The second kappa shape index (κ2) is 5.66. The Hall–Kier alpha value is -0.850. The van der Waals surface area contributed by atoms with E-state index in [1.165, 1.54) is 4.31 Å². The van der Waals surface area contributed by atoms with Gasteiger partial charge in [-0.2, -0.15) is 4.31 Å². The molecule has 0 radical (unpaired) electrons. The van der Waals surface area contributed by atoms with Crippen molar-refractivity contribution >= 4 is 10.0 Å². The number of hydrogen-bond donors (Lipinski definition) is 1. The molecular weight excluding hydrogens is 240 g/mol. The molecule has 2 N–H and O–H groups in total. The van der Waals surface area contributed by atoms with Crippen LogP contribution in [0.3, 0.4) is 0 Å². The van der Waals surface area contributed by atoms with Crippen LogP contribution in [0, 0.1) is 6.92 Å². The van der Waals surface area contributed by atoms with E-state index in [4.69, 9.17) is 10.2 Å². The Bertz CT molecular complexity index is 449. The van der Waals surface area contributed by atoms with Gasteiger partial charge in [0.1, 0.15) is 11.5 Å². The monoisotopic (exact) mass is 260 g/mol. The molecule has 0 fully saturated rings. The molecule has 0 bridgehead atoms. The first-order valence-corrected chi connectivity index (χ1v) is 7.12.